The lowest BCUT2D eigenvalue weighted by Crippen LogP contribution is -2.32. The van der Waals surface area contributed by atoms with Crippen LogP contribution in [0.25, 0.3) is 0 Å². The van der Waals surface area contributed by atoms with Gasteiger partial charge in [-0.15, -0.1) is 0 Å². The summed E-state index contributed by atoms with van der Waals surface area (Å²) in [6.45, 7) is 4.29. The van der Waals surface area contributed by atoms with Crippen LogP contribution in [0.2, 0.25) is 0 Å². The molecular weight excluding hydrogens is 228 g/mol. The molecule has 0 unspecified atom stereocenters. The molecule has 18 heavy (non-hydrogen) atoms. The molecule has 0 amide bonds. The van der Waals surface area contributed by atoms with E-state index in [2.05, 4.69) is 6.92 Å². The van der Waals surface area contributed by atoms with Crippen molar-refractivity contribution in [3.8, 4) is 0 Å². The fourth-order valence-electron chi connectivity index (χ4n) is 2.49. The van der Waals surface area contributed by atoms with E-state index in [1.807, 2.05) is 0 Å². The van der Waals surface area contributed by atoms with Crippen molar-refractivity contribution in [3.63, 3.8) is 0 Å². The molecule has 0 aromatic carbocycles. The van der Waals surface area contributed by atoms with E-state index in [0.29, 0.717) is 12.7 Å². The Labute approximate surface area is 111 Å². The molecule has 0 spiro atoms. The Balaban J connectivity index is 1.97. The summed E-state index contributed by atoms with van der Waals surface area (Å²) in [5.74, 6) is -0.196. The molecule has 0 radical (unpaired) electrons. The van der Waals surface area contributed by atoms with Crippen molar-refractivity contribution in [2.75, 3.05) is 6.61 Å². The fraction of sp³-hybridized carbons (Fsp3) is 0.933. The van der Waals surface area contributed by atoms with E-state index in [1.54, 1.807) is 0 Å². The second kappa shape index (κ2) is 9.37. The number of carbonyl (C=O) groups excluding carboxylic acids is 1. The minimum Gasteiger partial charge on any atom is -0.460 e. The summed E-state index contributed by atoms with van der Waals surface area (Å²) in [4.78, 5) is 10.8. The second-order valence-corrected chi connectivity index (χ2v) is 5.32. The van der Waals surface area contributed by atoms with E-state index in [1.165, 1.54) is 51.9 Å². The summed E-state index contributed by atoms with van der Waals surface area (Å²) < 4.78 is 10.9. The molecule has 1 rings (SSSR count). The van der Waals surface area contributed by atoms with E-state index in [-0.39, 0.29) is 12.1 Å². The maximum absolute atomic E-state index is 10.8. The SMILES string of the molecule is CCCCCCCC[C@H]1CC[C@@H](OC(C)=O)CO1. The minimum atomic E-state index is -0.196. The molecule has 0 bridgehead atoms. The van der Waals surface area contributed by atoms with Crippen molar-refractivity contribution in [1.29, 1.82) is 0 Å². The van der Waals surface area contributed by atoms with E-state index in [0.717, 1.165) is 12.8 Å². The van der Waals surface area contributed by atoms with Crippen LogP contribution in [0.3, 0.4) is 0 Å². The smallest absolute Gasteiger partial charge is 0.302 e. The number of hydrogen-bond donors (Lipinski definition) is 0. The van der Waals surface area contributed by atoms with Crippen LogP contribution in [-0.2, 0) is 14.3 Å². The van der Waals surface area contributed by atoms with E-state index < -0.39 is 0 Å². The fourth-order valence-corrected chi connectivity index (χ4v) is 2.49. The first kappa shape index (κ1) is 15.5. The van der Waals surface area contributed by atoms with Crippen molar-refractivity contribution in [2.45, 2.75) is 83.8 Å². The van der Waals surface area contributed by atoms with Crippen LogP contribution in [0.15, 0.2) is 0 Å². The summed E-state index contributed by atoms with van der Waals surface area (Å²) in [6.07, 6.45) is 11.5. The van der Waals surface area contributed by atoms with Crippen LogP contribution in [0.5, 0.6) is 0 Å². The third-order valence-electron chi connectivity index (χ3n) is 3.54. The number of rotatable bonds is 8. The molecule has 0 saturated carbocycles. The van der Waals surface area contributed by atoms with Gasteiger partial charge in [0.15, 0.2) is 0 Å². The summed E-state index contributed by atoms with van der Waals surface area (Å²) >= 11 is 0. The highest BCUT2D eigenvalue weighted by Gasteiger charge is 2.22. The zero-order valence-electron chi connectivity index (χ0n) is 12.0. The normalized spacial score (nSPS) is 23.9. The number of carbonyl (C=O) groups is 1. The highest BCUT2D eigenvalue weighted by molar-refractivity contribution is 5.66. The Morgan fingerprint density at radius 3 is 2.50 bits per heavy atom. The lowest BCUT2D eigenvalue weighted by Gasteiger charge is -2.28. The molecule has 1 saturated heterocycles. The van der Waals surface area contributed by atoms with Crippen molar-refractivity contribution in [3.05, 3.63) is 0 Å². The Morgan fingerprint density at radius 1 is 1.17 bits per heavy atom. The van der Waals surface area contributed by atoms with Gasteiger partial charge in [-0.25, -0.2) is 0 Å². The average molecular weight is 256 g/mol. The van der Waals surface area contributed by atoms with Crippen LogP contribution in [0.1, 0.15) is 71.6 Å². The van der Waals surface area contributed by atoms with Gasteiger partial charge in [-0.3, -0.25) is 4.79 Å². The van der Waals surface area contributed by atoms with Gasteiger partial charge >= 0.3 is 5.97 Å². The first-order chi connectivity index (χ1) is 8.72. The van der Waals surface area contributed by atoms with Gasteiger partial charge in [0.2, 0.25) is 0 Å². The molecular formula is C15H28O3. The molecule has 0 N–H and O–H groups in total. The van der Waals surface area contributed by atoms with Gasteiger partial charge in [0.05, 0.1) is 12.7 Å². The quantitative estimate of drug-likeness (QED) is 0.489. The molecule has 1 heterocycles. The van der Waals surface area contributed by atoms with Gasteiger partial charge in [-0.05, 0) is 19.3 Å². The Bertz CT molecular complexity index is 220. The number of esters is 1. The van der Waals surface area contributed by atoms with Gasteiger partial charge in [0.1, 0.15) is 6.10 Å². The van der Waals surface area contributed by atoms with Crippen LogP contribution in [0, 0.1) is 0 Å². The third-order valence-corrected chi connectivity index (χ3v) is 3.54. The zero-order chi connectivity index (χ0) is 13.2. The molecule has 0 aromatic rings. The van der Waals surface area contributed by atoms with Gasteiger partial charge in [-0.2, -0.15) is 0 Å². The largest absolute Gasteiger partial charge is 0.460 e. The van der Waals surface area contributed by atoms with E-state index in [9.17, 15) is 4.79 Å². The highest BCUT2D eigenvalue weighted by atomic mass is 16.6. The molecule has 1 aliphatic heterocycles. The van der Waals surface area contributed by atoms with Gasteiger partial charge in [0.25, 0.3) is 0 Å². The molecule has 0 aromatic heterocycles. The molecule has 2 atom stereocenters. The van der Waals surface area contributed by atoms with E-state index >= 15 is 0 Å². The number of ether oxygens (including phenoxy) is 2. The third kappa shape index (κ3) is 7.00. The van der Waals surface area contributed by atoms with Crippen LogP contribution in [-0.4, -0.2) is 24.8 Å². The molecule has 1 fully saturated rings. The Hall–Kier alpha value is -0.570. The molecule has 3 nitrogen and oxygen atoms in total. The first-order valence-corrected chi connectivity index (χ1v) is 7.51. The van der Waals surface area contributed by atoms with E-state index in [4.69, 9.17) is 9.47 Å². The standard InChI is InChI=1S/C15H28O3/c1-3-4-5-6-7-8-9-14-10-11-15(12-17-14)18-13(2)16/h14-15H,3-12H2,1-2H3/t14-,15+/m0/s1. The van der Waals surface area contributed by atoms with Crippen molar-refractivity contribution in [2.24, 2.45) is 0 Å². The highest BCUT2D eigenvalue weighted by Crippen LogP contribution is 2.21. The summed E-state index contributed by atoms with van der Waals surface area (Å²) in [6, 6.07) is 0. The Kier molecular flexibility index (Phi) is 8.06. The maximum atomic E-state index is 10.8. The number of hydrogen-bond acceptors (Lipinski definition) is 3. The van der Waals surface area contributed by atoms with Crippen LogP contribution in [0.4, 0.5) is 0 Å². The summed E-state index contributed by atoms with van der Waals surface area (Å²) in [7, 11) is 0. The average Bonchev–Trinajstić information content (AvgIpc) is 2.35. The van der Waals surface area contributed by atoms with Crippen LogP contribution < -0.4 is 0 Å². The number of unbranched alkanes of at least 4 members (excludes halogenated alkanes) is 5. The molecule has 106 valence electrons. The predicted octanol–water partition coefficient (Wildman–Crippen LogP) is 3.85. The lowest BCUT2D eigenvalue weighted by molar-refractivity contribution is -0.156. The van der Waals surface area contributed by atoms with Gasteiger partial charge < -0.3 is 9.47 Å². The first-order valence-electron chi connectivity index (χ1n) is 7.51. The van der Waals surface area contributed by atoms with Gasteiger partial charge in [-0.1, -0.05) is 45.4 Å². The molecule has 0 aliphatic carbocycles. The molecule has 3 heteroatoms. The summed E-state index contributed by atoms with van der Waals surface area (Å²) in [5, 5.41) is 0. The van der Waals surface area contributed by atoms with Crippen molar-refractivity contribution in [1.82, 2.24) is 0 Å². The lowest BCUT2D eigenvalue weighted by atomic mass is 10.0. The van der Waals surface area contributed by atoms with Gasteiger partial charge in [0, 0.05) is 6.92 Å². The van der Waals surface area contributed by atoms with Crippen molar-refractivity contribution >= 4 is 5.97 Å². The summed E-state index contributed by atoms with van der Waals surface area (Å²) in [5.41, 5.74) is 0. The predicted molar refractivity (Wildman–Crippen MR) is 72.5 cm³/mol. The topological polar surface area (TPSA) is 35.5 Å². The second-order valence-electron chi connectivity index (χ2n) is 5.32. The maximum Gasteiger partial charge on any atom is 0.302 e. The van der Waals surface area contributed by atoms with Crippen molar-refractivity contribution < 1.29 is 14.3 Å². The monoisotopic (exact) mass is 256 g/mol. The minimum absolute atomic E-state index is 0.0108. The molecule has 1 aliphatic rings. The zero-order valence-corrected chi connectivity index (χ0v) is 12.0. The Morgan fingerprint density at radius 2 is 1.89 bits per heavy atom. The van der Waals surface area contributed by atoms with Crippen LogP contribution >= 0.6 is 0 Å².